The van der Waals surface area contributed by atoms with Gasteiger partial charge in [0, 0.05) is 12.5 Å². The number of hydrogen-bond acceptors (Lipinski definition) is 3. The third kappa shape index (κ3) is 4.16. The molecule has 5 heteroatoms. The third-order valence-corrected chi connectivity index (χ3v) is 3.07. The predicted octanol–water partition coefficient (Wildman–Crippen LogP) is 4.06. The fourth-order valence-electron chi connectivity index (χ4n) is 1.04. The molecule has 1 aromatic rings. The van der Waals surface area contributed by atoms with Gasteiger partial charge >= 0.3 is 5.97 Å². The highest BCUT2D eigenvalue weighted by atomic mass is 79.9. The number of carbonyl (C=O) groups is 1. The van der Waals surface area contributed by atoms with Gasteiger partial charge in [-0.05, 0) is 50.9 Å². The van der Waals surface area contributed by atoms with Crippen LogP contribution in [-0.2, 0) is 9.53 Å². The summed E-state index contributed by atoms with van der Waals surface area (Å²) in [6.07, 6.45) is -0.686. The van der Waals surface area contributed by atoms with Gasteiger partial charge in [-0.25, -0.2) is 4.79 Å². The van der Waals surface area contributed by atoms with Crippen molar-refractivity contribution in [3.63, 3.8) is 0 Å². The number of halogens is 2. The average Bonchev–Trinajstić information content (AvgIpc) is 2.23. The van der Waals surface area contributed by atoms with Gasteiger partial charge in [0.05, 0.1) is 8.95 Å². The van der Waals surface area contributed by atoms with Crippen LogP contribution in [-0.4, -0.2) is 12.3 Å². The van der Waals surface area contributed by atoms with Crippen molar-refractivity contribution < 1.29 is 14.3 Å². The van der Waals surface area contributed by atoms with Crippen LogP contribution in [0.25, 0.3) is 0 Å². The second kappa shape index (κ2) is 6.21. The topological polar surface area (TPSA) is 35.5 Å². The van der Waals surface area contributed by atoms with E-state index in [9.17, 15) is 4.79 Å². The molecule has 0 fully saturated rings. The number of carbonyl (C=O) groups excluding carboxylic acids is 1. The fourth-order valence-corrected chi connectivity index (χ4v) is 2.22. The summed E-state index contributed by atoms with van der Waals surface area (Å²) in [6.45, 7) is 6.73. The van der Waals surface area contributed by atoms with Gasteiger partial charge in [0.1, 0.15) is 0 Å². The van der Waals surface area contributed by atoms with Gasteiger partial charge in [-0.2, -0.15) is 0 Å². The number of para-hydroxylation sites is 1. The molecule has 0 saturated heterocycles. The van der Waals surface area contributed by atoms with Crippen LogP contribution in [0.2, 0.25) is 0 Å². The molecule has 1 unspecified atom stereocenters. The molecule has 1 aromatic carbocycles. The monoisotopic (exact) mass is 362 g/mol. The summed E-state index contributed by atoms with van der Waals surface area (Å²) in [5.74, 6) is 0.121. The molecule has 0 aromatic heterocycles. The number of benzene rings is 1. The second-order valence-electron chi connectivity index (χ2n) is 3.42. The molecule has 0 aliphatic carbocycles. The number of hydrogen-bond donors (Lipinski definition) is 0. The Morgan fingerprint density at radius 2 is 1.88 bits per heavy atom. The van der Waals surface area contributed by atoms with E-state index >= 15 is 0 Å². The lowest BCUT2D eigenvalue weighted by Gasteiger charge is -2.17. The maximum Gasteiger partial charge on any atom is 0.336 e. The van der Waals surface area contributed by atoms with E-state index in [1.54, 1.807) is 13.8 Å². The van der Waals surface area contributed by atoms with Crippen molar-refractivity contribution in [2.24, 2.45) is 0 Å². The smallest absolute Gasteiger partial charge is 0.336 e. The van der Waals surface area contributed by atoms with Gasteiger partial charge in [0.25, 0.3) is 0 Å². The molecule has 0 bridgehead atoms. The summed E-state index contributed by atoms with van der Waals surface area (Å²) < 4.78 is 12.1. The van der Waals surface area contributed by atoms with E-state index in [-0.39, 0.29) is 0 Å². The fraction of sp³-hybridized carbons (Fsp3) is 0.250. The Hall–Kier alpha value is -0.810. The maximum absolute atomic E-state index is 11.3. The van der Waals surface area contributed by atoms with Gasteiger partial charge in [-0.15, -0.1) is 0 Å². The van der Waals surface area contributed by atoms with Crippen LogP contribution in [0.3, 0.4) is 0 Å². The van der Waals surface area contributed by atoms with Crippen LogP contribution >= 0.6 is 31.9 Å². The third-order valence-electron chi connectivity index (χ3n) is 1.82. The highest BCUT2D eigenvalue weighted by Crippen LogP contribution is 2.33. The van der Waals surface area contributed by atoms with Gasteiger partial charge < -0.3 is 9.47 Å². The minimum absolute atomic E-state index is 0.339. The SMILES string of the molecule is C=C(C)C(=O)OC(C)Oc1c(Br)cccc1Br. The molecular formula is C12H12Br2O3. The van der Waals surface area contributed by atoms with Crippen molar-refractivity contribution in [2.45, 2.75) is 20.1 Å². The van der Waals surface area contributed by atoms with Crippen molar-refractivity contribution in [3.05, 3.63) is 39.3 Å². The molecule has 92 valence electrons. The molecule has 0 saturated carbocycles. The molecular weight excluding hydrogens is 352 g/mol. The van der Waals surface area contributed by atoms with Crippen molar-refractivity contribution in [2.75, 3.05) is 0 Å². The number of ether oxygens (including phenoxy) is 2. The Morgan fingerprint density at radius 1 is 1.35 bits per heavy atom. The molecule has 0 amide bonds. The lowest BCUT2D eigenvalue weighted by atomic mass is 10.3. The zero-order valence-electron chi connectivity index (χ0n) is 9.50. The highest BCUT2D eigenvalue weighted by molar-refractivity contribution is 9.11. The standard InChI is InChI=1S/C12H12Br2O3/c1-7(2)12(15)17-8(3)16-11-9(13)5-4-6-10(11)14/h4-6,8H,1H2,2-3H3. The average molecular weight is 364 g/mol. The van der Waals surface area contributed by atoms with Gasteiger partial charge in [0.2, 0.25) is 6.29 Å². The molecule has 3 nitrogen and oxygen atoms in total. The normalized spacial score (nSPS) is 11.8. The summed E-state index contributed by atoms with van der Waals surface area (Å²) >= 11 is 6.72. The molecule has 0 aliphatic heterocycles. The molecule has 1 atom stereocenters. The van der Waals surface area contributed by atoms with Crippen molar-refractivity contribution in [3.8, 4) is 5.75 Å². The van der Waals surface area contributed by atoms with E-state index < -0.39 is 12.3 Å². The van der Waals surface area contributed by atoms with Crippen LogP contribution < -0.4 is 4.74 Å². The Balaban J connectivity index is 2.71. The first-order chi connectivity index (χ1) is 7.91. The van der Waals surface area contributed by atoms with Gasteiger partial charge in [0.15, 0.2) is 5.75 Å². The second-order valence-corrected chi connectivity index (χ2v) is 5.13. The van der Waals surface area contributed by atoms with E-state index in [1.165, 1.54) is 0 Å². The van der Waals surface area contributed by atoms with Crippen LogP contribution in [0, 0.1) is 0 Å². The summed E-state index contributed by atoms with van der Waals surface area (Å²) in [4.78, 5) is 11.3. The summed E-state index contributed by atoms with van der Waals surface area (Å²) in [6, 6.07) is 5.55. The Kier molecular flexibility index (Phi) is 5.21. The lowest BCUT2D eigenvalue weighted by Crippen LogP contribution is -2.21. The zero-order valence-corrected chi connectivity index (χ0v) is 12.7. The van der Waals surface area contributed by atoms with E-state index in [4.69, 9.17) is 9.47 Å². The predicted molar refractivity (Wildman–Crippen MR) is 72.8 cm³/mol. The van der Waals surface area contributed by atoms with Crippen LogP contribution in [0.15, 0.2) is 39.3 Å². The Morgan fingerprint density at radius 3 is 2.35 bits per heavy atom. The maximum atomic E-state index is 11.3. The summed E-state index contributed by atoms with van der Waals surface area (Å²) in [5.41, 5.74) is 0.339. The largest absolute Gasteiger partial charge is 0.453 e. The van der Waals surface area contributed by atoms with Crippen LogP contribution in [0.4, 0.5) is 0 Å². The van der Waals surface area contributed by atoms with E-state index in [0.29, 0.717) is 11.3 Å². The van der Waals surface area contributed by atoms with E-state index in [0.717, 1.165) is 8.95 Å². The molecule has 0 N–H and O–H groups in total. The Labute approximate surface area is 117 Å². The first-order valence-corrected chi connectivity index (χ1v) is 6.47. The van der Waals surface area contributed by atoms with Crippen molar-refractivity contribution in [1.29, 1.82) is 0 Å². The zero-order chi connectivity index (χ0) is 13.0. The highest BCUT2D eigenvalue weighted by Gasteiger charge is 2.14. The van der Waals surface area contributed by atoms with E-state index in [1.807, 2.05) is 18.2 Å². The minimum atomic E-state index is -0.686. The minimum Gasteiger partial charge on any atom is -0.453 e. The Bertz CT molecular complexity index is 423. The van der Waals surface area contributed by atoms with Crippen molar-refractivity contribution >= 4 is 37.8 Å². The molecule has 1 rings (SSSR count). The molecule has 0 radical (unpaired) electrons. The van der Waals surface area contributed by atoms with Crippen LogP contribution in [0.1, 0.15) is 13.8 Å². The number of esters is 1. The van der Waals surface area contributed by atoms with Crippen LogP contribution in [0.5, 0.6) is 5.75 Å². The molecule has 0 spiro atoms. The quantitative estimate of drug-likeness (QED) is 0.459. The lowest BCUT2D eigenvalue weighted by molar-refractivity contribution is -0.156. The van der Waals surface area contributed by atoms with E-state index in [2.05, 4.69) is 38.4 Å². The first kappa shape index (κ1) is 14.3. The number of rotatable bonds is 4. The summed E-state index contributed by atoms with van der Waals surface area (Å²) in [7, 11) is 0. The molecule has 17 heavy (non-hydrogen) atoms. The van der Waals surface area contributed by atoms with Gasteiger partial charge in [-0.3, -0.25) is 0 Å². The first-order valence-electron chi connectivity index (χ1n) is 4.89. The molecule has 0 heterocycles. The summed E-state index contributed by atoms with van der Waals surface area (Å²) in [5, 5.41) is 0. The molecule has 0 aliphatic rings. The van der Waals surface area contributed by atoms with Gasteiger partial charge in [-0.1, -0.05) is 12.6 Å². The van der Waals surface area contributed by atoms with Crippen molar-refractivity contribution in [1.82, 2.24) is 0 Å².